The predicted octanol–water partition coefficient (Wildman–Crippen LogP) is 2.86. The van der Waals surface area contributed by atoms with E-state index in [4.69, 9.17) is 0 Å². The van der Waals surface area contributed by atoms with Gasteiger partial charge in [-0.3, -0.25) is 4.79 Å². The van der Waals surface area contributed by atoms with Gasteiger partial charge in [-0.15, -0.1) is 0 Å². The van der Waals surface area contributed by atoms with Crippen LogP contribution < -0.4 is 0 Å². The minimum absolute atomic E-state index is 0.117. The summed E-state index contributed by atoms with van der Waals surface area (Å²) >= 11 is 0. The molecule has 0 aromatic heterocycles. The largest absolute Gasteiger partial charge is 0.345 e. The minimum atomic E-state index is 0.117. The first-order valence-corrected chi connectivity index (χ1v) is 7.89. The zero-order valence-corrected chi connectivity index (χ0v) is 13.5. The molecule has 0 unspecified atom stereocenters. The second-order valence-corrected chi connectivity index (χ2v) is 6.69. The Bertz CT molecular complexity index is 268. The molecule has 0 radical (unpaired) electrons. The molecule has 0 spiro atoms. The van der Waals surface area contributed by atoms with E-state index in [-0.39, 0.29) is 11.8 Å². The Morgan fingerprint density at radius 1 is 1.21 bits per heavy atom. The van der Waals surface area contributed by atoms with Crippen molar-refractivity contribution in [2.75, 3.05) is 33.2 Å². The minimum Gasteiger partial charge on any atom is -0.345 e. The second kappa shape index (κ2) is 7.88. The van der Waals surface area contributed by atoms with Gasteiger partial charge in [-0.25, -0.2) is 0 Å². The van der Waals surface area contributed by atoms with Crippen molar-refractivity contribution < 1.29 is 4.79 Å². The molecule has 3 heteroatoms. The fourth-order valence-corrected chi connectivity index (χ4v) is 2.93. The SMILES string of the molecule is CC(C)C(=O)N(C)CCCN1CCC(C(C)C)CC1. The van der Waals surface area contributed by atoms with Gasteiger partial charge in [0.2, 0.25) is 5.91 Å². The van der Waals surface area contributed by atoms with Crippen LogP contribution in [0.5, 0.6) is 0 Å². The summed E-state index contributed by atoms with van der Waals surface area (Å²) < 4.78 is 0. The Hall–Kier alpha value is -0.570. The molecule has 1 amide bonds. The Balaban J connectivity index is 2.16. The smallest absolute Gasteiger partial charge is 0.224 e. The number of piperidine rings is 1. The predicted molar refractivity (Wildman–Crippen MR) is 81.1 cm³/mol. The van der Waals surface area contributed by atoms with Gasteiger partial charge in [-0.1, -0.05) is 27.7 Å². The van der Waals surface area contributed by atoms with Gasteiger partial charge in [0.1, 0.15) is 0 Å². The molecule has 1 fully saturated rings. The van der Waals surface area contributed by atoms with Gasteiger partial charge in [-0.2, -0.15) is 0 Å². The molecule has 0 saturated carbocycles. The lowest BCUT2D eigenvalue weighted by molar-refractivity contribution is -0.133. The summed E-state index contributed by atoms with van der Waals surface area (Å²) in [5.74, 6) is 2.13. The van der Waals surface area contributed by atoms with E-state index >= 15 is 0 Å². The van der Waals surface area contributed by atoms with Gasteiger partial charge in [0.05, 0.1) is 0 Å². The van der Waals surface area contributed by atoms with Crippen LogP contribution in [0.3, 0.4) is 0 Å². The Kier molecular flexibility index (Phi) is 6.84. The number of nitrogens with zero attached hydrogens (tertiary/aromatic N) is 2. The van der Waals surface area contributed by atoms with Crippen LogP contribution in [0, 0.1) is 17.8 Å². The summed E-state index contributed by atoms with van der Waals surface area (Å²) in [7, 11) is 1.92. The highest BCUT2D eigenvalue weighted by molar-refractivity contribution is 5.77. The number of carbonyl (C=O) groups is 1. The van der Waals surface area contributed by atoms with Crippen molar-refractivity contribution in [3.05, 3.63) is 0 Å². The highest BCUT2D eigenvalue weighted by Gasteiger charge is 2.21. The molecule has 0 atom stereocenters. The highest BCUT2D eigenvalue weighted by atomic mass is 16.2. The van der Waals surface area contributed by atoms with Crippen molar-refractivity contribution >= 4 is 5.91 Å². The summed E-state index contributed by atoms with van der Waals surface area (Å²) in [5, 5.41) is 0. The summed E-state index contributed by atoms with van der Waals surface area (Å²) in [5.41, 5.74) is 0. The third kappa shape index (κ3) is 5.52. The monoisotopic (exact) mass is 268 g/mol. The Morgan fingerprint density at radius 2 is 1.79 bits per heavy atom. The zero-order valence-electron chi connectivity index (χ0n) is 13.5. The summed E-state index contributed by atoms with van der Waals surface area (Å²) in [4.78, 5) is 16.2. The van der Waals surface area contributed by atoms with Crippen LogP contribution in [0.2, 0.25) is 0 Å². The van der Waals surface area contributed by atoms with Gasteiger partial charge in [0.25, 0.3) is 0 Å². The second-order valence-electron chi connectivity index (χ2n) is 6.69. The maximum atomic E-state index is 11.8. The third-order valence-corrected chi connectivity index (χ3v) is 4.41. The van der Waals surface area contributed by atoms with E-state index in [0.717, 1.165) is 31.3 Å². The van der Waals surface area contributed by atoms with Crippen LogP contribution in [0.4, 0.5) is 0 Å². The van der Waals surface area contributed by atoms with Gasteiger partial charge in [0, 0.05) is 19.5 Å². The lowest BCUT2D eigenvalue weighted by Gasteiger charge is -2.34. The molecule has 1 saturated heterocycles. The van der Waals surface area contributed by atoms with Crippen LogP contribution in [-0.2, 0) is 4.79 Å². The van der Waals surface area contributed by atoms with E-state index in [1.54, 1.807) is 0 Å². The van der Waals surface area contributed by atoms with E-state index < -0.39 is 0 Å². The summed E-state index contributed by atoms with van der Waals surface area (Å²) in [6.45, 7) is 13.1. The number of amides is 1. The third-order valence-electron chi connectivity index (χ3n) is 4.41. The topological polar surface area (TPSA) is 23.6 Å². The number of hydrogen-bond acceptors (Lipinski definition) is 2. The molecule has 1 heterocycles. The van der Waals surface area contributed by atoms with E-state index in [2.05, 4.69) is 18.7 Å². The van der Waals surface area contributed by atoms with Gasteiger partial charge < -0.3 is 9.80 Å². The van der Waals surface area contributed by atoms with Crippen LogP contribution in [0.15, 0.2) is 0 Å². The highest BCUT2D eigenvalue weighted by Crippen LogP contribution is 2.24. The summed E-state index contributed by atoms with van der Waals surface area (Å²) in [6, 6.07) is 0. The van der Waals surface area contributed by atoms with Gasteiger partial charge >= 0.3 is 0 Å². The standard InChI is InChI=1S/C16H32N2O/c1-13(2)15-7-11-18(12-8-15)10-6-9-17(5)16(19)14(3)4/h13-15H,6-12H2,1-5H3. The first-order chi connectivity index (χ1) is 8.91. The molecule has 1 aliphatic rings. The molecule has 112 valence electrons. The van der Waals surface area contributed by atoms with Crippen molar-refractivity contribution in [1.29, 1.82) is 0 Å². The van der Waals surface area contributed by atoms with Crippen LogP contribution in [0.25, 0.3) is 0 Å². The van der Waals surface area contributed by atoms with Crippen molar-refractivity contribution in [3.63, 3.8) is 0 Å². The van der Waals surface area contributed by atoms with E-state index in [1.807, 2.05) is 25.8 Å². The fourth-order valence-electron chi connectivity index (χ4n) is 2.93. The Morgan fingerprint density at radius 3 is 2.26 bits per heavy atom. The molecule has 0 aromatic rings. The van der Waals surface area contributed by atoms with Crippen LogP contribution in [-0.4, -0.2) is 48.9 Å². The Labute approximate surface area is 119 Å². The first-order valence-electron chi connectivity index (χ1n) is 7.89. The molecule has 1 aliphatic heterocycles. The van der Waals surface area contributed by atoms with E-state index in [0.29, 0.717) is 0 Å². The molecule has 0 aliphatic carbocycles. The van der Waals surface area contributed by atoms with Crippen LogP contribution in [0.1, 0.15) is 47.0 Å². The maximum absolute atomic E-state index is 11.8. The van der Waals surface area contributed by atoms with Crippen molar-refractivity contribution in [1.82, 2.24) is 9.80 Å². The molecular formula is C16H32N2O. The quantitative estimate of drug-likeness (QED) is 0.739. The first kappa shape index (κ1) is 16.5. The van der Waals surface area contributed by atoms with Gasteiger partial charge in [0.15, 0.2) is 0 Å². The number of rotatable bonds is 6. The molecule has 0 bridgehead atoms. The average molecular weight is 268 g/mol. The van der Waals surface area contributed by atoms with Crippen molar-refractivity contribution in [3.8, 4) is 0 Å². The zero-order chi connectivity index (χ0) is 14.4. The molecule has 3 nitrogen and oxygen atoms in total. The number of hydrogen-bond donors (Lipinski definition) is 0. The normalized spacial score (nSPS) is 18.3. The van der Waals surface area contributed by atoms with E-state index in [1.165, 1.54) is 25.9 Å². The molecule has 0 aromatic carbocycles. The van der Waals surface area contributed by atoms with Crippen LogP contribution >= 0.6 is 0 Å². The maximum Gasteiger partial charge on any atom is 0.224 e. The van der Waals surface area contributed by atoms with Crippen molar-refractivity contribution in [2.45, 2.75) is 47.0 Å². The molecule has 1 rings (SSSR count). The molecule has 19 heavy (non-hydrogen) atoms. The molecule has 0 N–H and O–H groups in total. The summed E-state index contributed by atoms with van der Waals surface area (Å²) in [6.07, 6.45) is 3.79. The lowest BCUT2D eigenvalue weighted by Crippen LogP contribution is -2.38. The van der Waals surface area contributed by atoms with Crippen molar-refractivity contribution in [2.24, 2.45) is 17.8 Å². The average Bonchev–Trinajstić information content (AvgIpc) is 2.38. The van der Waals surface area contributed by atoms with E-state index in [9.17, 15) is 4.79 Å². The lowest BCUT2D eigenvalue weighted by atomic mass is 9.87. The molecular weight excluding hydrogens is 236 g/mol. The number of likely N-dealkylation sites (tertiary alicyclic amines) is 1. The number of carbonyl (C=O) groups excluding carboxylic acids is 1. The fraction of sp³-hybridized carbons (Fsp3) is 0.938. The van der Waals surface area contributed by atoms with Gasteiger partial charge in [-0.05, 0) is 50.7 Å².